The highest BCUT2D eigenvalue weighted by molar-refractivity contribution is 6.01. The molecule has 31 heavy (non-hydrogen) atoms. The quantitative estimate of drug-likeness (QED) is 0.540. The summed E-state index contributed by atoms with van der Waals surface area (Å²) in [5.41, 5.74) is 2.71. The Kier molecular flexibility index (Phi) is 6.87. The molecule has 2 aromatic carbocycles. The first-order chi connectivity index (χ1) is 14.8. The highest BCUT2D eigenvalue weighted by Crippen LogP contribution is 2.31. The number of hydrogen-bond acceptors (Lipinski definition) is 3. The highest BCUT2D eigenvalue weighted by atomic mass is 19.4. The topological polar surface area (TPSA) is 53.4 Å². The molecule has 0 radical (unpaired) electrons. The largest absolute Gasteiger partial charge is 0.416 e. The second-order valence-electron chi connectivity index (χ2n) is 6.90. The Morgan fingerprint density at radius 1 is 1.00 bits per heavy atom. The van der Waals surface area contributed by atoms with Crippen LogP contribution in [0.15, 0.2) is 79.5 Å². The lowest BCUT2D eigenvalue weighted by Gasteiger charge is -2.21. The van der Waals surface area contributed by atoms with E-state index < -0.39 is 11.7 Å². The van der Waals surface area contributed by atoms with Crippen LogP contribution in [0.5, 0.6) is 0 Å². The molecule has 0 atom stereocenters. The smallest absolute Gasteiger partial charge is 0.392 e. The molecule has 4 nitrogen and oxygen atoms in total. The average molecular weight is 426 g/mol. The van der Waals surface area contributed by atoms with Crippen LogP contribution in [-0.4, -0.2) is 22.5 Å². The van der Waals surface area contributed by atoms with E-state index in [0.717, 1.165) is 23.3 Å². The number of carbonyl (C=O) groups is 1. The second kappa shape index (κ2) is 9.57. The summed E-state index contributed by atoms with van der Waals surface area (Å²) in [5, 5.41) is 9.13. The number of pyridine rings is 1. The molecular weight excluding hydrogens is 405 g/mol. The number of aliphatic hydroxyl groups is 1. The van der Waals surface area contributed by atoms with Gasteiger partial charge in [-0.15, -0.1) is 0 Å². The van der Waals surface area contributed by atoms with Gasteiger partial charge in [-0.1, -0.05) is 43.0 Å². The number of nitrogens with zero attached hydrogens (tertiary/aromatic N) is 2. The number of alkyl halides is 3. The zero-order valence-corrected chi connectivity index (χ0v) is 16.6. The van der Waals surface area contributed by atoms with E-state index in [4.69, 9.17) is 5.11 Å². The molecule has 0 aliphatic carbocycles. The Hall–Kier alpha value is -3.45. The first-order valence-electron chi connectivity index (χ1n) is 9.58. The number of aliphatic hydroxyl groups excluding tert-OH is 1. The van der Waals surface area contributed by atoms with E-state index in [1.165, 1.54) is 29.3 Å². The highest BCUT2D eigenvalue weighted by Gasteiger charge is 2.30. The van der Waals surface area contributed by atoms with Crippen molar-refractivity contribution in [2.75, 3.05) is 11.4 Å². The van der Waals surface area contributed by atoms with Gasteiger partial charge in [0, 0.05) is 12.1 Å². The maximum atomic E-state index is 12.7. The molecule has 3 rings (SSSR count). The van der Waals surface area contributed by atoms with E-state index in [1.54, 1.807) is 12.1 Å². The van der Waals surface area contributed by atoms with E-state index in [0.29, 0.717) is 29.9 Å². The Morgan fingerprint density at radius 3 is 2.16 bits per heavy atom. The first-order valence-corrected chi connectivity index (χ1v) is 9.58. The van der Waals surface area contributed by atoms with Crippen molar-refractivity contribution in [3.63, 3.8) is 0 Å². The average Bonchev–Trinajstić information content (AvgIpc) is 2.79. The normalized spacial score (nSPS) is 11.2. The number of rotatable bonds is 7. The number of benzene rings is 2. The lowest BCUT2D eigenvalue weighted by molar-refractivity contribution is -0.137. The zero-order valence-electron chi connectivity index (χ0n) is 16.6. The molecule has 160 valence electrons. The van der Waals surface area contributed by atoms with Gasteiger partial charge >= 0.3 is 6.18 Å². The first kappa shape index (κ1) is 22.2. The standard InChI is InChI=1S/C24H21F3N2O2/c1-2-23(31)29(14-13-17-3-5-18(16-30)6-4-17)21-11-12-22(28-15-21)19-7-9-20(10-8-19)24(25,26)27/h2-12,15,30H,1,13-14,16H2. The second-order valence-corrected chi connectivity index (χ2v) is 6.90. The monoisotopic (exact) mass is 426 g/mol. The minimum absolute atomic E-state index is 0.0295. The molecule has 1 heterocycles. The SMILES string of the molecule is C=CC(=O)N(CCc1ccc(CO)cc1)c1ccc(-c2ccc(C(F)(F)F)cc2)nc1. The molecule has 0 bridgehead atoms. The number of carbonyl (C=O) groups excluding carboxylic acids is 1. The van der Waals surface area contributed by atoms with E-state index in [9.17, 15) is 18.0 Å². The van der Waals surface area contributed by atoms with Crippen molar-refractivity contribution in [3.8, 4) is 11.3 Å². The lowest BCUT2D eigenvalue weighted by Crippen LogP contribution is -2.31. The fourth-order valence-electron chi connectivity index (χ4n) is 3.08. The molecule has 0 spiro atoms. The van der Waals surface area contributed by atoms with Crippen LogP contribution < -0.4 is 4.90 Å². The molecule has 1 amide bonds. The number of hydrogen-bond donors (Lipinski definition) is 1. The number of aromatic nitrogens is 1. The third-order valence-corrected chi connectivity index (χ3v) is 4.84. The van der Waals surface area contributed by atoms with Crippen LogP contribution in [0.25, 0.3) is 11.3 Å². The van der Waals surface area contributed by atoms with Crippen molar-refractivity contribution >= 4 is 11.6 Å². The van der Waals surface area contributed by atoms with Crippen LogP contribution >= 0.6 is 0 Å². The van der Waals surface area contributed by atoms with Gasteiger partial charge in [-0.25, -0.2) is 0 Å². The Morgan fingerprint density at radius 2 is 1.65 bits per heavy atom. The zero-order chi connectivity index (χ0) is 22.4. The molecule has 0 aliphatic heterocycles. The molecule has 0 saturated carbocycles. The maximum absolute atomic E-state index is 12.7. The van der Waals surface area contributed by atoms with Crippen LogP contribution in [0.2, 0.25) is 0 Å². The fourth-order valence-corrected chi connectivity index (χ4v) is 3.08. The minimum Gasteiger partial charge on any atom is -0.392 e. The molecule has 0 saturated heterocycles. The van der Waals surface area contributed by atoms with E-state index in [1.807, 2.05) is 24.3 Å². The molecule has 0 aliphatic rings. The summed E-state index contributed by atoms with van der Waals surface area (Å²) in [6, 6.07) is 15.6. The third-order valence-electron chi connectivity index (χ3n) is 4.84. The van der Waals surface area contributed by atoms with Crippen LogP contribution in [0.3, 0.4) is 0 Å². The van der Waals surface area contributed by atoms with Crippen LogP contribution in [0, 0.1) is 0 Å². The summed E-state index contributed by atoms with van der Waals surface area (Å²) in [5.74, 6) is -0.281. The molecular formula is C24H21F3N2O2. The molecule has 0 unspecified atom stereocenters. The summed E-state index contributed by atoms with van der Waals surface area (Å²) in [6.45, 7) is 3.91. The molecule has 1 aromatic heterocycles. The van der Waals surface area contributed by atoms with E-state index >= 15 is 0 Å². The molecule has 0 fully saturated rings. The number of anilines is 1. The van der Waals surface area contributed by atoms with Gasteiger partial charge in [-0.3, -0.25) is 9.78 Å². The van der Waals surface area contributed by atoms with Crippen molar-refractivity contribution in [1.82, 2.24) is 4.98 Å². The van der Waals surface area contributed by atoms with Crippen LogP contribution in [0.4, 0.5) is 18.9 Å². The summed E-state index contributed by atoms with van der Waals surface area (Å²) in [6.07, 6.45) is -1.06. The van der Waals surface area contributed by atoms with E-state index in [2.05, 4.69) is 11.6 Å². The van der Waals surface area contributed by atoms with Crippen molar-refractivity contribution in [2.45, 2.75) is 19.2 Å². The lowest BCUT2D eigenvalue weighted by atomic mass is 10.1. The summed E-state index contributed by atoms with van der Waals surface area (Å²) in [4.78, 5) is 18.2. The Labute approximate surface area is 178 Å². The fraction of sp³-hybridized carbons (Fsp3) is 0.167. The van der Waals surface area contributed by atoms with Crippen molar-refractivity contribution < 1.29 is 23.1 Å². The summed E-state index contributed by atoms with van der Waals surface area (Å²) < 4.78 is 38.2. The maximum Gasteiger partial charge on any atom is 0.416 e. The van der Waals surface area contributed by atoms with Crippen molar-refractivity contribution in [1.29, 1.82) is 0 Å². The van der Waals surface area contributed by atoms with Gasteiger partial charge in [0.1, 0.15) is 0 Å². The number of amides is 1. The van der Waals surface area contributed by atoms with Gasteiger partial charge in [-0.05, 0) is 47.9 Å². The van der Waals surface area contributed by atoms with Gasteiger partial charge < -0.3 is 10.0 Å². The molecule has 1 N–H and O–H groups in total. The Balaban J connectivity index is 1.76. The van der Waals surface area contributed by atoms with Gasteiger partial charge in [-0.2, -0.15) is 13.2 Å². The van der Waals surface area contributed by atoms with Crippen molar-refractivity contribution in [2.24, 2.45) is 0 Å². The predicted octanol–water partition coefficient (Wildman–Crippen LogP) is 5.02. The van der Waals surface area contributed by atoms with Crippen LogP contribution in [0.1, 0.15) is 16.7 Å². The van der Waals surface area contributed by atoms with E-state index in [-0.39, 0.29) is 12.5 Å². The third kappa shape index (κ3) is 5.58. The molecule has 3 aromatic rings. The summed E-state index contributed by atoms with van der Waals surface area (Å²) in [7, 11) is 0. The Bertz CT molecular complexity index is 1030. The summed E-state index contributed by atoms with van der Waals surface area (Å²) >= 11 is 0. The minimum atomic E-state index is -4.39. The van der Waals surface area contributed by atoms with Gasteiger partial charge in [0.2, 0.25) is 5.91 Å². The van der Waals surface area contributed by atoms with Crippen molar-refractivity contribution in [3.05, 3.63) is 96.2 Å². The van der Waals surface area contributed by atoms with Gasteiger partial charge in [0.15, 0.2) is 0 Å². The van der Waals surface area contributed by atoms with Gasteiger partial charge in [0.25, 0.3) is 0 Å². The number of halogens is 3. The van der Waals surface area contributed by atoms with Crippen LogP contribution in [-0.2, 0) is 24.0 Å². The van der Waals surface area contributed by atoms with Gasteiger partial charge in [0.05, 0.1) is 29.7 Å². The predicted molar refractivity (Wildman–Crippen MR) is 113 cm³/mol. The molecule has 7 heteroatoms.